The van der Waals surface area contributed by atoms with Gasteiger partial charge in [0, 0.05) is 49.1 Å². The molecule has 1 amide bonds. The van der Waals surface area contributed by atoms with Gasteiger partial charge in [0.1, 0.15) is 11.9 Å². The van der Waals surface area contributed by atoms with Gasteiger partial charge in [0.05, 0.1) is 23.1 Å². The van der Waals surface area contributed by atoms with Crippen LogP contribution in [0.3, 0.4) is 0 Å². The van der Waals surface area contributed by atoms with E-state index in [1.807, 2.05) is 35.3 Å². The van der Waals surface area contributed by atoms with Crippen LogP contribution < -0.4 is 10.5 Å². The largest absolute Gasteiger partial charge is 0.482 e. The monoisotopic (exact) mass is 515 g/mol. The Balaban J connectivity index is 1.68. The number of anilines is 1. The van der Waals surface area contributed by atoms with Crippen molar-refractivity contribution in [3.8, 4) is 22.7 Å². The Bertz CT molecular complexity index is 1570. The summed E-state index contributed by atoms with van der Waals surface area (Å²) >= 11 is 0. The topological polar surface area (TPSA) is 104 Å². The standard InChI is InChI=1S/C28H30FN7O2/c1-15-10-20-13-22-25(28(37)34(3)4)33-36(19-6-5-7-19)26(22)17-11-24(27(30)31-14-17)38-16(2)21-12-18(29)8-9-23(21)35(20)32-15/h8-12,14,16,19H,5-7,13H2,1-4H3,(H2,30,31)/t16-/m1/s1. The van der Waals surface area contributed by atoms with E-state index in [1.165, 1.54) is 12.1 Å². The number of hydrogen-bond acceptors (Lipinski definition) is 6. The average Bonchev–Trinajstić information content (AvgIpc) is 3.38. The van der Waals surface area contributed by atoms with Gasteiger partial charge >= 0.3 is 0 Å². The van der Waals surface area contributed by atoms with Crippen LogP contribution in [0.25, 0.3) is 16.9 Å². The second kappa shape index (κ2) is 8.97. The molecule has 2 bridgehead atoms. The van der Waals surface area contributed by atoms with Crippen molar-refractivity contribution in [2.24, 2.45) is 0 Å². The SMILES string of the molecule is Cc1cc2n(n1)-c1ccc(F)cc1[C@@H](C)Oc1cc(cnc1N)-c1c(c(C(=O)N(C)C)nn1C1CCC1)C2. The zero-order valence-electron chi connectivity index (χ0n) is 21.9. The Kier molecular flexibility index (Phi) is 5.70. The molecule has 2 N–H and O–H groups in total. The fraction of sp³-hybridized carbons (Fsp3) is 0.357. The third-order valence-electron chi connectivity index (χ3n) is 7.42. The number of aryl methyl sites for hydroxylation is 1. The van der Waals surface area contributed by atoms with Crippen LogP contribution >= 0.6 is 0 Å². The molecule has 6 rings (SSSR count). The molecule has 0 unspecified atom stereocenters. The predicted molar refractivity (Wildman–Crippen MR) is 141 cm³/mol. The Morgan fingerprint density at radius 3 is 2.68 bits per heavy atom. The van der Waals surface area contributed by atoms with Gasteiger partial charge in [-0.3, -0.25) is 9.48 Å². The lowest BCUT2D eigenvalue weighted by atomic mass is 9.92. The molecule has 196 valence electrons. The minimum absolute atomic E-state index is 0.176. The Labute approximate surface area is 220 Å². The van der Waals surface area contributed by atoms with Gasteiger partial charge < -0.3 is 15.4 Å². The smallest absolute Gasteiger partial charge is 0.274 e. The van der Waals surface area contributed by atoms with Gasteiger partial charge in [0.15, 0.2) is 17.3 Å². The van der Waals surface area contributed by atoms with Crippen LogP contribution in [-0.2, 0) is 6.42 Å². The third-order valence-corrected chi connectivity index (χ3v) is 7.42. The number of aromatic nitrogens is 5. The third kappa shape index (κ3) is 3.91. The highest BCUT2D eigenvalue weighted by molar-refractivity contribution is 5.95. The van der Waals surface area contributed by atoms with Crippen LogP contribution in [0.1, 0.15) is 71.3 Å². The number of fused-ring (bicyclic) bond motifs is 7. The molecule has 1 aliphatic carbocycles. The minimum atomic E-state index is -0.543. The minimum Gasteiger partial charge on any atom is -0.482 e. The maximum Gasteiger partial charge on any atom is 0.274 e. The fourth-order valence-electron chi connectivity index (χ4n) is 5.27. The molecule has 2 aliphatic rings. The van der Waals surface area contributed by atoms with Gasteiger partial charge in [-0.2, -0.15) is 10.2 Å². The highest BCUT2D eigenvalue weighted by atomic mass is 19.1. The first-order chi connectivity index (χ1) is 18.2. The summed E-state index contributed by atoms with van der Waals surface area (Å²) < 4.78 is 24.6. The molecule has 1 saturated carbocycles. The van der Waals surface area contributed by atoms with E-state index in [0.717, 1.165) is 47.5 Å². The average molecular weight is 516 g/mol. The summed E-state index contributed by atoms with van der Waals surface area (Å²) in [7, 11) is 3.45. The summed E-state index contributed by atoms with van der Waals surface area (Å²) in [4.78, 5) is 19.4. The van der Waals surface area contributed by atoms with Crippen molar-refractivity contribution >= 4 is 11.7 Å². The van der Waals surface area contributed by atoms with Crippen LogP contribution in [0.2, 0.25) is 0 Å². The molecule has 1 atom stereocenters. The molecule has 1 aromatic carbocycles. The first-order valence-corrected chi connectivity index (χ1v) is 12.8. The van der Waals surface area contributed by atoms with Crippen molar-refractivity contribution in [2.45, 2.75) is 51.7 Å². The second-order valence-corrected chi connectivity index (χ2v) is 10.3. The van der Waals surface area contributed by atoms with E-state index in [2.05, 4.69) is 4.98 Å². The zero-order valence-corrected chi connectivity index (χ0v) is 21.9. The number of benzene rings is 1. The molecule has 1 aliphatic heterocycles. The summed E-state index contributed by atoms with van der Waals surface area (Å²) in [6.07, 6.45) is 4.64. The number of halogens is 1. The number of ether oxygens (including phenoxy) is 1. The van der Waals surface area contributed by atoms with Gasteiger partial charge in [-0.15, -0.1) is 0 Å². The number of carbonyl (C=O) groups is 1. The molecule has 0 saturated heterocycles. The molecule has 9 nitrogen and oxygen atoms in total. The maximum absolute atomic E-state index is 14.5. The Hall–Kier alpha value is -4.21. The van der Waals surface area contributed by atoms with E-state index >= 15 is 0 Å². The summed E-state index contributed by atoms with van der Waals surface area (Å²) in [5, 5.41) is 9.66. The summed E-state index contributed by atoms with van der Waals surface area (Å²) in [5.74, 6) is 0.0622. The predicted octanol–water partition coefficient (Wildman–Crippen LogP) is 4.63. The number of amides is 1. The summed E-state index contributed by atoms with van der Waals surface area (Å²) in [6.45, 7) is 3.77. The number of carbonyl (C=O) groups excluding carboxylic acids is 1. The van der Waals surface area contributed by atoms with Crippen molar-refractivity contribution in [3.05, 3.63) is 70.6 Å². The Morgan fingerprint density at radius 2 is 1.97 bits per heavy atom. The Morgan fingerprint density at radius 1 is 1.18 bits per heavy atom. The quantitative estimate of drug-likeness (QED) is 0.417. The van der Waals surface area contributed by atoms with Gasteiger partial charge in [-0.05, 0) is 63.4 Å². The van der Waals surface area contributed by atoms with E-state index in [4.69, 9.17) is 20.7 Å². The normalized spacial score (nSPS) is 16.7. The highest BCUT2D eigenvalue weighted by Gasteiger charge is 2.32. The van der Waals surface area contributed by atoms with Crippen LogP contribution in [0, 0.1) is 12.7 Å². The number of nitrogen functional groups attached to an aromatic ring is 1. The zero-order chi connectivity index (χ0) is 26.7. The van der Waals surface area contributed by atoms with Crippen molar-refractivity contribution in [1.82, 2.24) is 29.4 Å². The number of nitrogens with zero attached hydrogens (tertiary/aromatic N) is 6. The lowest BCUT2D eigenvalue weighted by Gasteiger charge is -2.28. The second-order valence-electron chi connectivity index (χ2n) is 10.3. The molecular formula is C28H30FN7O2. The number of nitrogens with two attached hydrogens (primary N) is 1. The molecular weight excluding hydrogens is 485 g/mol. The summed E-state index contributed by atoms with van der Waals surface area (Å²) in [6, 6.07) is 8.61. The molecule has 10 heteroatoms. The summed E-state index contributed by atoms with van der Waals surface area (Å²) in [5.41, 5.74) is 12.0. The van der Waals surface area contributed by atoms with Gasteiger partial charge in [-0.1, -0.05) is 0 Å². The molecule has 1 fully saturated rings. The van der Waals surface area contributed by atoms with Crippen LogP contribution in [-0.4, -0.2) is 49.4 Å². The molecule has 4 heterocycles. The molecule has 0 spiro atoms. The maximum atomic E-state index is 14.5. The highest BCUT2D eigenvalue weighted by Crippen LogP contribution is 2.41. The van der Waals surface area contributed by atoms with Crippen LogP contribution in [0.4, 0.5) is 10.2 Å². The lowest BCUT2D eigenvalue weighted by Crippen LogP contribution is -2.24. The van der Waals surface area contributed by atoms with E-state index < -0.39 is 6.10 Å². The van der Waals surface area contributed by atoms with Crippen LogP contribution in [0.5, 0.6) is 5.75 Å². The number of pyridine rings is 1. The molecule has 38 heavy (non-hydrogen) atoms. The number of rotatable bonds is 2. The molecule has 0 radical (unpaired) electrons. The van der Waals surface area contributed by atoms with E-state index in [1.54, 1.807) is 31.3 Å². The van der Waals surface area contributed by atoms with E-state index in [-0.39, 0.29) is 23.6 Å². The van der Waals surface area contributed by atoms with E-state index in [9.17, 15) is 9.18 Å². The van der Waals surface area contributed by atoms with Gasteiger partial charge in [0.2, 0.25) is 0 Å². The fourth-order valence-corrected chi connectivity index (χ4v) is 5.27. The number of hydrogen-bond donors (Lipinski definition) is 1. The molecule has 4 aromatic rings. The van der Waals surface area contributed by atoms with Crippen LogP contribution in [0.15, 0.2) is 36.5 Å². The van der Waals surface area contributed by atoms with E-state index in [0.29, 0.717) is 29.1 Å². The first-order valence-electron chi connectivity index (χ1n) is 12.8. The van der Waals surface area contributed by atoms with Crippen molar-refractivity contribution in [1.29, 1.82) is 0 Å². The van der Waals surface area contributed by atoms with Gasteiger partial charge in [0.25, 0.3) is 5.91 Å². The molecule has 3 aromatic heterocycles. The first kappa shape index (κ1) is 24.1. The van der Waals surface area contributed by atoms with Gasteiger partial charge in [-0.25, -0.2) is 14.1 Å². The van der Waals surface area contributed by atoms with Crippen molar-refractivity contribution in [3.63, 3.8) is 0 Å². The lowest BCUT2D eigenvalue weighted by molar-refractivity contribution is 0.0819. The van der Waals surface area contributed by atoms with Crippen molar-refractivity contribution in [2.75, 3.05) is 19.8 Å². The van der Waals surface area contributed by atoms with Crippen molar-refractivity contribution < 1.29 is 13.9 Å².